The Bertz CT molecular complexity index is 1110. The third-order valence-corrected chi connectivity index (χ3v) is 7.87. The molecule has 0 amide bonds. The highest BCUT2D eigenvalue weighted by atomic mass is 32.2. The normalized spacial score (nSPS) is 23.3. The molecule has 0 spiro atoms. The molecule has 4 nitrogen and oxygen atoms in total. The van der Waals surface area contributed by atoms with Crippen molar-refractivity contribution in [2.24, 2.45) is 0 Å². The van der Waals surface area contributed by atoms with E-state index in [0.29, 0.717) is 24.5 Å². The van der Waals surface area contributed by atoms with E-state index in [1.807, 2.05) is 24.3 Å². The Kier molecular flexibility index (Phi) is 3.74. The van der Waals surface area contributed by atoms with E-state index in [-0.39, 0.29) is 11.7 Å². The summed E-state index contributed by atoms with van der Waals surface area (Å²) in [6.07, 6.45) is 3.27. The third-order valence-electron chi connectivity index (χ3n) is 5.61. The molecular weight excluding hydrogens is 365 g/mol. The predicted molar refractivity (Wildman–Crippen MR) is 99.5 cm³/mol. The number of benzene rings is 2. The molecule has 0 aliphatic carbocycles. The molecule has 2 unspecified atom stereocenters. The molecular formula is C21H18FNO3S. The first-order chi connectivity index (χ1) is 13.0. The van der Waals surface area contributed by atoms with Crippen LogP contribution in [0.15, 0.2) is 70.4 Å². The summed E-state index contributed by atoms with van der Waals surface area (Å²) in [6, 6.07) is 13.9. The van der Waals surface area contributed by atoms with Crippen molar-refractivity contribution in [3.63, 3.8) is 0 Å². The van der Waals surface area contributed by atoms with Crippen molar-refractivity contribution in [3.8, 4) is 11.1 Å². The van der Waals surface area contributed by atoms with Crippen LogP contribution in [0.5, 0.6) is 0 Å². The number of halogens is 1. The minimum atomic E-state index is -3.34. The van der Waals surface area contributed by atoms with Crippen LogP contribution in [0, 0.1) is 5.82 Å². The quantitative estimate of drug-likeness (QED) is 0.690. The molecule has 27 heavy (non-hydrogen) atoms. The van der Waals surface area contributed by atoms with Crippen LogP contribution >= 0.6 is 0 Å². The number of furan rings is 1. The van der Waals surface area contributed by atoms with Crippen LogP contribution in [0.4, 0.5) is 4.39 Å². The first kappa shape index (κ1) is 16.7. The van der Waals surface area contributed by atoms with Crippen molar-refractivity contribution in [2.45, 2.75) is 22.6 Å². The maximum Gasteiger partial charge on any atom is 0.183 e. The molecule has 2 aliphatic rings. The summed E-state index contributed by atoms with van der Waals surface area (Å²) in [5.74, 6) is -0.319. The fourth-order valence-electron chi connectivity index (χ4n) is 4.36. The molecule has 1 aromatic heterocycles. The lowest BCUT2D eigenvalue weighted by Gasteiger charge is -2.17. The third kappa shape index (κ3) is 2.71. The maximum atomic E-state index is 13.4. The van der Waals surface area contributed by atoms with Crippen molar-refractivity contribution in [1.29, 1.82) is 0 Å². The van der Waals surface area contributed by atoms with Crippen molar-refractivity contribution in [2.75, 3.05) is 13.1 Å². The fourth-order valence-corrected chi connectivity index (χ4v) is 6.55. The SMILES string of the molecule is O=S1(=O)c2ccc(-c3ccoc3)cc2C2CN(Cc3cccc(F)c3)CC21. The van der Waals surface area contributed by atoms with Gasteiger partial charge in [-0.25, -0.2) is 12.8 Å². The van der Waals surface area contributed by atoms with Gasteiger partial charge >= 0.3 is 0 Å². The monoisotopic (exact) mass is 383 g/mol. The first-order valence-electron chi connectivity index (χ1n) is 8.89. The molecule has 0 radical (unpaired) electrons. The van der Waals surface area contributed by atoms with Crippen LogP contribution in [0.1, 0.15) is 17.0 Å². The number of fused-ring (bicyclic) bond motifs is 3. The highest BCUT2D eigenvalue weighted by Crippen LogP contribution is 2.46. The second kappa shape index (κ2) is 6.04. The van der Waals surface area contributed by atoms with Gasteiger partial charge < -0.3 is 4.42 Å². The number of hydrogen-bond acceptors (Lipinski definition) is 4. The topological polar surface area (TPSA) is 50.5 Å². The number of rotatable bonds is 3. The van der Waals surface area contributed by atoms with Crippen LogP contribution in [0.2, 0.25) is 0 Å². The van der Waals surface area contributed by atoms with Gasteiger partial charge in [-0.05, 0) is 47.0 Å². The number of likely N-dealkylation sites (tertiary alicyclic amines) is 1. The van der Waals surface area contributed by atoms with E-state index in [2.05, 4.69) is 4.90 Å². The Labute approximate surface area is 157 Å². The van der Waals surface area contributed by atoms with Gasteiger partial charge in [0.25, 0.3) is 0 Å². The number of nitrogens with zero attached hydrogens (tertiary/aromatic N) is 1. The molecule has 0 saturated carbocycles. The Hall–Kier alpha value is -2.44. The predicted octanol–water partition coefficient (Wildman–Crippen LogP) is 3.84. The molecule has 6 heteroatoms. The van der Waals surface area contributed by atoms with E-state index in [9.17, 15) is 12.8 Å². The molecule has 2 aromatic carbocycles. The highest BCUT2D eigenvalue weighted by Gasteiger charge is 2.50. The Morgan fingerprint density at radius 3 is 2.74 bits per heavy atom. The van der Waals surface area contributed by atoms with Gasteiger partial charge in [-0.2, -0.15) is 0 Å². The lowest BCUT2D eigenvalue weighted by molar-refractivity contribution is 0.325. The van der Waals surface area contributed by atoms with Crippen molar-refractivity contribution >= 4 is 9.84 Å². The van der Waals surface area contributed by atoms with Crippen LogP contribution in [0.3, 0.4) is 0 Å². The lowest BCUT2D eigenvalue weighted by Crippen LogP contribution is -2.25. The van der Waals surface area contributed by atoms with Crippen LogP contribution < -0.4 is 0 Å². The number of hydrogen-bond donors (Lipinski definition) is 0. The molecule has 1 saturated heterocycles. The van der Waals surface area contributed by atoms with E-state index in [4.69, 9.17) is 4.42 Å². The van der Waals surface area contributed by atoms with Crippen molar-refractivity contribution in [1.82, 2.24) is 4.90 Å². The molecule has 2 aliphatic heterocycles. The Morgan fingerprint density at radius 2 is 1.96 bits per heavy atom. The minimum Gasteiger partial charge on any atom is -0.472 e. The second-order valence-corrected chi connectivity index (χ2v) is 9.41. The van der Waals surface area contributed by atoms with E-state index in [0.717, 1.165) is 22.3 Å². The average Bonchev–Trinajstić information content (AvgIpc) is 3.34. The Morgan fingerprint density at radius 1 is 1.07 bits per heavy atom. The van der Waals surface area contributed by atoms with Gasteiger partial charge in [-0.3, -0.25) is 4.90 Å². The summed E-state index contributed by atoms with van der Waals surface area (Å²) < 4.78 is 44.6. The van der Waals surface area contributed by atoms with Gasteiger partial charge in [-0.15, -0.1) is 0 Å². The second-order valence-electron chi connectivity index (χ2n) is 7.28. The summed E-state index contributed by atoms with van der Waals surface area (Å²) >= 11 is 0. The van der Waals surface area contributed by atoms with E-state index >= 15 is 0 Å². The molecule has 0 N–H and O–H groups in total. The van der Waals surface area contributed by atoms with Gasteiger partial charge in [0.15, 0.2) is 9.84 Å². The van der Waals surface area contributed by atoms with Gasteiger partial charge in [0.05, 0.1) is 22.7 Å². The average molecular weight is 383 g/mol. The first-order valence-corrected chi connectivity index (χ1v) is 10.4. The largest absolute Gasteiger partial charge is 0.472 e. The molecule has 0 bridgehead atoms. The molecule has 2 atom stereocenters. The van der Waals surface area contributed by atoms with Gasteiger partial charge in [0.2, 0.25) is 0 Å². The van der Waals surface area contributed by atoms with Crippen LogP contribution in [-0.2, 0) is 16.4 Å². The summed E-state index contributed by atoms with van der Waals surface area (Å²) in [5, 5.41) is -0.430. The molecule has 1 fully saturated rings. The van der Waals surface area contributed by atoms with Gasteiger partial charge in [0.1, 0.15) is 5.82 Å². The zero-order valence-electron chi connectivity index (χ0n) is 14.5. The van der Waals surface area contributed by atoms with E-state index in [1.54, 1.807) is 24.7 Å². The van der Waals surface area contributed by atoms with Gasteiger partial charge in [-0.1, -0.05) is 18.2 Å². The minimum absolute atomic E-state index is 0.0505. The standard InChI is InChI=1S/C21H18FNO3S/c22-17-3-1-2-14(8-17)10-23-11-19-18-9-15(16-6-7-26-13-16)4-5-20(18)27(24,25)21(19)12-23/h1-9,13,19,21H,10-12H2. The molecule has 3 heterocycles. The molecule has 138 valence electrons. The summed E-state index contributed by atoms with van der Waals surface area (Å²) in [7, 11) is -3.34. The van der Waals surface area contributed by atoms with Crippen molar-refractivity contribution < 1.29 is 17.2 Å². The van der Waals surface area contributed by atoms with Crippen molar-refractivity contribution in [3.05, 3.63) is 78.0 Å². The van der Waals surface area contributed by atoms with E-state index < -0.39 is 15.1 Å². The van der Waals surface area contributed by atoms with Gasteiger partial charge in [0, 0.05) is 31.1 Å². The zero-order chi connectivity index (χ0) is 18.6. The summed E-state index contributed by atoms with van der Waals surface area (Å²) in [5.41, 5.74) is 3.65. The van der Waals surface area contributed by atoms with Crippen LogP contribution in [0.25, 0.3) is 11.1 Å². The highest BCUT2D eigenvalue weighted by molar-refractivity contribution is 7.92. The zero-order valence-corrected chi connectivity index (χ0v) is 15.3. The maximum absolute atomic E-state index is 13.4. The summed E-state index contributed by atoms with van der Waals surface area (Å²) in [6.45, 7) is 1.68. The summed E-state index contributed by atoms with van der Waals surface area (Å²) in [4.78, 5) is 2.56. The molecule has 5 rings (SSSR count). The smallest absolute Gasteiger partial charge is 0.183 e. The Balaban J connectivity index is 1.47. The van der Waals surface area contributed by atoms with E-state index in [1.165, 1.54) is 12.1 Å². The molecule has 3 aromatic rings. The van der Waals surface area contributed by atoms with Crippen LogP contribution in [-0.4, -0.2) is 31.7 Å². The number of sulfone groups is 1. The fraction of sp³-hybridized carbons (Fsp3) is 0.238. The lowest BCUT2D eigenvalue weighted by atomic mass is 9.95.